The van der Waals surface area contributed by atoms with E-state index < -0.39 is 47.3 Å². The molecule has 0 aliphatic rings. The number of ether oxygens (including phenoxy) is 2. The Morgan fingerprint density at radius 3 is 1.98 bits per heavy atom. The van der Waals surface area contributed by atoms with Gasteiger partial charge in [-0.05, 0) is 90.0 Å². The highest BCUT2D eigenvalue weighted by molar-refractivity contribution is 7.98. The minimum absolute atomic E-state index is 0.212. The Labute approximate surface area is 305 Å². The molecule has 278 valence electrons. The summed E-state index contributed by atoms with van der Waals surface area (Å²) in [4.78, 5) is 57.6. The molecule has 0 aliphatic carbocycles. The van der Waals surface area contributed by atoms with Gasteiger partial charge in [-0.2, -0.15) is 11.8 Å². The normalized spacial score (nSPS) is 13.5. The number of unbranched alkanes of at least 4 members (excludes halogenated alkanes) is 5. The van der Waals surface area contributed by atoms with Gasteiger partial charge in [0.15, 0.2) is 0 Å². The van der Waals surface area contributed by atoms with Gasteiger partial charge in [0.1, 0.15) is 29.3 Å². The van der Waals surface area contributed by atoms with Crippen molar-refractivity contribution in [3.63, 3.8) is 0 Å². The lowest BCUT2D eigenvalue weighted by molar-refractivity contribution is -0.159. The average Bonchev–Trinajstić information content (AvgIpc) is 3.03. The van der Waals surface area contributed by atoms with E-state index in [0.29, 0.717) is 30.7 Å². The van der Waals surface area contributed by atoms with Crippen LogP contribution in [0, 0.1) is 6.92 Å². The highest BCUT2D eigenvalue weighted by Crippen LogP contribution is 2.28. The SMILES string of the molecule is CCCCCCCCN(C(=O)C(CCSC)NC(=O)OC(C)(C)C)C(C(=O)NC(Cc1ccccc1)C(=O)OC(C)(C)C)c1ccccc1C. The van der Waals surface area contributed by atoms with E-state index in [-0.39, 0.29) is 12.3 Å². The number of carbonyl (C=O) groups excluding carboxylic acids is 4. The molecule has 0 heterocycles. The van der Waals surface area contributed by atoms with Crippen LogP contribution in [0.2, 0.25) is 0 Å². The van der Waals surface area contributed by atoms with Gasteiger partial charge in [0, 0.05) is 13.0 Å². The van der Waals surface area contributed by atoms with Crippen molar-refractivity contribution in [3.8, 4) is 0 Å². The molecule has 50 heavy (non-hydrogen) atoms. The Bertz CT molecular complexity index is 1350. The van der Waals surface area contributed by atoms with Crippen molar-refractivity contribution >= 4 is 35.6 Å². The first-order valence-corrected chi connectivity index (χ1v) is 19.4. The standard InChI is InChI=1S/C40H61N3O6S/c1-10-11-12-13-14-20-26-43(36(45)32(25-27-50-9)42-38(47)49-40(6,7)8)34(31-24-19-18-21-29(31)2)35(44)41-33(37(46)48-39(3,4)5)28-30-22-16-15-17-23-30/h15-19,21-24,32-34H,10-14,20,25-28H2,1-9H3,(H,41,44)(H,42,47). The number of rotatable bonds is 19. The maximum Gasteiger partial charge on any atom is 0.408 e. The average molecular weight is 712 g/mol. The van der Waals surface area contributed by atoms with Crippen molar-refractivity contribution in [2.45, 2.75) is 136 Å². The molecule has 2 aromatic carbocycles. The van der Waals surface area contributed by atoms with Gasteiger partial charge in [0.25, 0.3) is 0 Å². The molecule has 0 saturated carbocycles. The first-order valence-electron chi connectivity index (χ1n) is 18.0. The molecule has 3 amide bonds. The Morgan fingerprint density at radius 2 is 1.38 bits per heavy atom. The minimum Gasteiger partial charge on any atom is -0.458 e. The molecule has 0 radical (unpaired) electrons. The number of amides is 3. The lowest BCUT2D eigenvalue weighted by Crippen LogP contribution is -2.55. The van der Waals surface area contributed by atoms with E-state index in [4.69, 9.17) is 9.47 Å². The number of benzene rings is 2. The number of hydrogen-bond donors (Lipinski definition) is 2. The van der Waals surface area contributed by atoms with Crippen LogP contribution >= 0.6 is 11.8 Å². The van der Waals surface area contributed by atoms with Crippen LogP contribution < -0.4 is 10.6 Å². The van der Waals surface area contributed by atoms with E-state index in [1.807, 2.05) is 67.8 Å². The van der Waals surface area contributed by atoms with Crippen LogP contribution in [0.1, 0.15) is 116 Å². The summed E-state index contributed by atoms with van der Waals surface area (Å²) in [6.07, 6.45) is 7.74. The topological polar surface area (TPSA) is 114 Å². The van der Waals surface area contributed by atoms with Crippen molar-refractivity contribution in [3.05, 3.63) is 71.3 Å². The summed E-state index contributed by atoms with van der Waals surface area (Å²) in [5.41, 5.74) is 0.798. The fourth-order valence-electron chi connectivity index (χ4n) is 5.58. The number of nitrogens with zero attached hydrogens (tertiary/aromatic N) is 1. The van der Waals surface area contributed by atoms with Crippen LogP contribution in [0.15, 0.2) is 54.6 Å². The van der Waals surface area contributed by atoms with E-state index in [0.717, 1.165) is 43.2 Å². The van der Waals surface area contributed by atoms with Crippen LogP contribution in [0.4, 0.5) is 4.79 Å². The molecule has 0 saturated heterocycles. The molecule has 0 aromatic heterocycles. The highest BCUT2D eigenvalue weighted by Gasteiger charge is 2.38. The van der Waals surface area contributed by atoms with Crippen LogP contribution in [0.5, 0.6) is 0 Å². The maximum atomic E-state index is 14.7. The molecule has 0 fully saturated rings. The third kappa shape index (κ3) is 15.6. The molecule has 2 N–H and O–H groups in total. The Kier molecular flexibility index (Phi) is 17.9. The highest BCUT2D eigenvalue weighted by atomic mass is 32.2. The van der Waals surface area contributed by atoms with Crippen LogP contribution in [-0.2, 0) is 30.3 Å². The van der Waals surface area contributed by atoms with E-state index in [2.05, 4.69) is 17.6 Å². The summed E-state index contributed by atoms with van der Waals surface area (Å²) in [6, 6.07) is 13.9. The molecule has 0 bridgehead atoms. The van der Waals surface area contributed by atoms with Gasteiger partial charge in [-0.1, -0.05) is 93.6 Å². The molecule has 9 nitrogen and oxygen atoms in total. The van der Waals surface area contributed by atoms with E-state index in [9.17, 15) is 19.2 Å². The fourth-order valence-corrected chi connectivity index (χ4v) is 6.05. The van der Waals surface area contributed by atoms with Gasteiger partial charge < -0.3 is 25.0 Å². The smallest absolute Gasteiger partial charge is 0.408 e. The summed E-state index contributed by atoms with van der Waals surface area (Å²) in [5, 5.41) is 5.81. The third-order valence-electron chi connectivity index (χ3n) is 7.97. The lowest BCUT2D eigenvalue weighted by atomic mass is 9.96. The summed E-state index contributed by atoms with van der Waals surface area (Å²) < 4.78 is 11.3. The molecule has 2 aromatic rings. The second-order valence-electron chi connectivity index (χ2n) is 14.8. The monoisotopic (exact) mass is 711 g/mol. The maximum absolute atomic E-state index is 14.7. The quantitative estimate of drug-likeness (QED) is 0.112. The van der Waals surface area contributed by atoms with E-state index in [1.54, 1.807) is 58.2 Å². The Morgan fingerprint density at radius 1 is 0.780 bits per heavy atom. The molecular formula is C40H61N3O6S. The first kappa shape index (κ1) is 42.6. The number of aryl methyl sites for hydroxylation is 1. The largest absolute Gasteiger partial charge is 0.458 e. The van der Waals surface area contributed by atoms with Crippen molar-refractivity contribution in [1.29, 1.82) is 0 Å². The minimum atomic E-state index is -1.07. The molecule has 10 heteroatoms. The number of thioether (sulfide) groups is 1. The van der Waals surface area contributed by atoms with Crippen molar-refractivity contribution in [1.82, 2.24) is 15.5 Å². The number of alkyl carbamates (subject to hydrolysis) is 1. The number of carbonyl (C=O) groups is 4. The Balaban J connectivity index is 2.62. The van der Waals surface area contributed by atoms with Crippen molar-refractivity contribution < 1.29 is 28.7 Å². The third-order valence-corrected chi connectivity index (χ3v) is 8.61. The van der Waals surface area contributed by atoms with Gasteiger partial charge in [-0.15, -0.1) is 0 Å². The van der Waals surface area contributed by atoms with Gasteiger partial charge in [0.2, 0.25) is 11.8 Å². The zero-order valence-electron chi connectivity index (χ0n) is 31.8. The van der Waals surface area contributed by atoms with Crippen LogP contribution in [0.3, 0.4) is 0 Å². The van der Waals surface area contributed by atoms with Gasteiger partial charge >= 0.3 is 12.1 Å². The van der Waals surface area contributed by atoms with Crippen molar-refractivity contribution in [2.24, 2.45) is 0 Å². The van der Waals surface area contributed by atoms with Crippen molar-refractivity contribution in [2.75, 3.05) is 18.6 Å². The zero-order valence-corrected chi connectivity index (χ0v) is 32.6. The van der Waals surface area contributed by atoms with E-state index in [1.165, 1.54) is 0 Å². The molecule has 0 aliphatic heterocycles. The second kappa shape index (κ2) is 21.0. The second-order valence-corrected chi connectivity index (χ2v) is 15.8. The molecular weight excluding hydrogens is 651 g/mol. The van der Waals surface area contributed by atoms with Gasteiger partial charge in [0.05, 0.1) is 0 Å². The summed E-state index contributed by atoms with van der Waals surface area (Å²) in [7, 11) is 0. The lowest BCUT2D eigenvalue weighted by Gasteiger charge is -2.36. The predicted molar refractivity (Wildman–Crippen MR) is 203 cm³/mol. The predicted octanol–water partition coefficient (Wildman–Crippen LogP) is 7.94. The van der Waals surface area contributed by atoms with Crippen LogP contribution in [0.25, 0.3) is 0 Å². The first-order chi connectivity index (χ1) is 23.6. The van der Waals surface area contributed by atoms with Gasteiger partial charge in [-0.3, -0.25) is 9.59 Å². The summed E-state index contributed by atoms with van der Waals surface area (Å²) in [6.45, 7) is 15.0. The number of hydrogen-bond acceptors (Lipinski definition) is 7. The number of esters is 1. The van der Waals surface area contributed by atoms with Gasteiger partial charge in [-0.25, -0.2) is 9.59 Å². The fraction of sp³-hybridized carbons (Fsp3) is 0.600. The molecule has 2 rings (SSSR count). The molecule has 0 spiro atoms. The Hall–Kier alpha value is -3.53. The molecule has 3 unspecified atom stereocenters. The zero-order chi connectivity index (χ0) is 37.3. The van der Waals surface area contributed by atoms with Crippen LogP contribution in [-0.4, -0.2) is 70.6 Å². The number of nitrogens with one attached hydrogen (secondary N) is 2. The van der Waals surface area contributed by atoms with E-state index >= 15 is 0 Å². The molecule has 3 atom stereocenters. The summed E-state index contributed by atoms with van der Waals surface area (Å²) >= 11 is 1.57. The summed E-state index contributed by atoms with van der Waals surface area (Å²) in [5.74, 6) is -0.822.